The molecule has 19 heavy (non-hydrogen) atoms. The van der Waals surface area contributed by atoms with E-state index < -0.39 is 0 Å². The Kier molecular flexibility index (Phi) is 6.31. The highest BCUT2D eigenvalue weighted by atomic mass is 16.6. The van der Waals surface area contributed by atoms with Gasteiger partial charge in [0.1, 0.15) is 5.60 Å². The molecule has 0 heterocycles. The molecule has 1 saturated carbocycles. The predicted molar refractivity (Wildman–Crippen MR) is 79.0 cm³/mol. The third-order valence-corrected chi connectivity index (χ3v) is 3.54. The van der Waals surface area contributed by atoms with Gasteiger partial charge in [0.05, 0.1) is 6.54 Å². The molecule has 3 heteroatoms. The molecule has 0 amide bonds. The zero-order valence-electron chi connectivity index (χ0n) is 13.3. The molecule has 0 aromatic carbocycles. The van der Waals surface area contributed by atoms with Crippen LogP contribution in [0.4, 0.5) is 0 Å². The third kappa shape index (κ3) is 7.56. The van der Waals surface area contributed by atoms with E-state index in [0.717, 1.165) is 11.8 Å². The fourth-order valence-electron chi connectivity index (χ4n) is 2.96. The van der Waals surface area contributed by atoms with E-state index in [4.69, 9.17) is 4.74 Å². The molecule has 1 rings (SSSR count). The van der Waals surface area contributed by atoms with Crippen molar-refractivity contribution in [3.63, 3.8) is 0 Å². The van der Waals surface area contributed by atoms with Crippen LogP contribution >= 0.6 is 0 Å². The first-order valence-electron chi connectivity index (χ1n) is 7.71. The summed E-state index contributed by atoms with van der Waals surface area (Å²) in [6.45, 7) is 10.6. The molecule has 0 aliphatic heterocycles. The van der Waals surface area contributed by atoms with Crippen LogP contribution < -0.4 is 5.32 Å². The van der Waals surface area contributed by atoms with Crippen molar-refractivity contribution in [2.24, 2.45) is 11.8 Å². The number of hydrogen-bond acceptors (Lipinski definition) is 3. The third-order valence-electron chi connectivity index (χ3n) is 3.54. The van der Waals surface area contributed by atoms with Crippen LogP contribution in [0.1, 0.15) is 66.7 Å². The summed E-state index contributed by atoms with van der Waals surface area (Å²) in [5.74, 6) is 1.46. The van der Waals surface area contributed by atoms with Crippen molar-refractivity contribution in [2.45, 2.75) is 78.4 Å². The lowest BCUT2D eigenvalue weighted by Gasteiger charge is -2.31. The Hall–Kier alpha value is -0.570. The van der Waals surface area contributed by atoms with Crippen molar-refractivity contribution in [3.8, 4) is 0 Å². The molecule has 0 saturated heterocycles. The maximum Gasteiger partial charge on any atom is 0.320 e. The summed E-state index contributed by atoms with van der Waals surface area (Å²) >= 11 is 0. The molecule has 3 nitrogen and oxygen atoms in total. The van der Waals surface area contributed by atoms with Gasteiger partial charge in [-0.05, 0) is 51.9 Å². The van der Waals surface area contributed by atoms with Crippen LogP contribution in [0.2, 0.25) is 0 Å². The summed E-state index contributed by atoms with van der Waals surface area (Å²) in [5, 5.41) is 3.37. The summed E-state index contributed by atoms with van der Waals surface area (Å²) < 4.78 is 5.32. The van der Waals surface area contributed by atoms with E-state index in [1.54, 1.807) is 0 Å². The van der Waals surface area contributed by atoms with E-state index in [2.05, 4.69) is 19.2 Å². The van der Waals surface area contributed by atoms with Crippen LogP contribution in [0.3, 0.4) is 0 Å². The Bertz CT molecular complexity index is 281. The standard InChI is InChI=1S/C16H31NO2/c1-12(2)9-13-7-6-8-14(10-13)17-11-15(18)19-16(3,4)5/h12-14,17H,6-11H2,1-5H3. The van der Waals surface area contributed by atoms with Crippen LogP contribution in [0.15, 0.2) is 0 Å². The molecule has 1 aliphatic rings. The van der Waals surface area contributed by atoms with Gasteiger partial charge in [0.15, 0.2) is 0 Å². The Morgan fingerprint density at radius 3 is 2.58 bits per heavy atom. The van der Waals surface area contributed by atoms with E-state index >= 15 is 0 Å². The molecule has 2 unspecified atom stereocenters. The summed E-state index contributed by atoms with van der Waals surface area (Å²) in [5.41, 5.74) is -0.383. The molecule has 0 bridgehead atoms. The Balaban J connectivity index is 2.27. The second-order valence-electron chi connectivity index (χ2n) is 7.33. The van der Waals surface area contributed by atoms with Crippen LogP contribution in [0.5, 0.6) is 0 Å². The number of hydrogen-bond donors (Lipinski definition) is 1. The van der Waals surface area contributed by atoms with E-state index in [-0.39, 0.29) is 11.6 Å². The molecule has 0 aromatic heterocycles. The number of nitrogens with one attached hydrogen (secondary N) is 1. The lowest BCUT2D eigenvalue weighted by atomic mass is 9.81. The minimum absolute atomic E-state index is 0.140. The molecule has 0 spiro atoms. The average molecular weight is 269 g/mol. The zero-order valence-corrected chi connectivity index (χ0v) is 13.3. The minimum atomic E-state index is -0.383. The average Bonchev–Trinajstić information content (AvgIpc) is 2.23. The molecule has 0 aromatic rings. The Labute approximate surface area is 118 Å². The maximum absolute atomic E-state index is 11.7. The van der Waals surface area contributed by atoms with Crippen molar-refractivity contribution in [3.05, 3.63) is 0 Å². The quantitative estimate of drug-likeness (QED) is 0.776. The van der Waals surface area contributed by atoms with Gasteiger partial charge in [-0.1, -0.05) is 26.7 Å². The van der Waals surface area contributed by atoms with Crippen molar-refractivity contribution in [2.75, 3.05) is 6.54 Å². The molecule has 1 N–H and O–H groups in total. The summed E-state index contributed by atoms with van der Waals surface area (Å²) in [4.78, 5) is 11.7. The molecule has 0 radical (unpaired) electrons. The fraction of sp³-hybridized carbons (Fsp3) is 0.938. The summed E-state index contributed by atoms with van der Waals surface area (Å²) in [6.07, 6.45) is 6.34. The number of ether oxygens (including phenoxy) is 1. The topological polar surface area (TPSA) is 38.3 Å². The monoisotopic (exact) mass is 269 g/mol. The van der Waals surface area contributed by atoms with E-state index in [9.17, 15) is 4.79 Å². The number of carbonyl (C=O) groups excluding carboxylic acids is 1. The van der Waals surface area contributed by atoms with Gasteiger partial charge in [-0.2, -0.15) is 0 Å². The minimum Gasteiger partial charge on any atom is -0.459 e. The normalized spacial score (nSPS) is 24.5. The lowest BCUT2D eigenvalue weighted by Crippen LogP contribution is -2.39. The van der Waals surface area contributed by atoms with E-state index in [1.165, 1.54) is 32.1 Å². The van der Waals surface area contributed by atoms with Gasteiger partial charge in [0, 0.05) is 6.04 Å². The largest absolute Gasteiger partial charge is 0.459 e. The zero-order chi connectivity index (χ0) is 14.5. The van der Waals surface area contributed by atoms with Gasteiger partial charge in [-0.15, -0.1) is 0 Å². The smallest absolute Gasteiger partial charge is 0.320 e. The van der Waals surface area contributed by atoms with E-state index in [0.29, 0.717) is 12.6 Å². The van der Waals surface area contributed by atoms with Crippen molar-refractivity contribution in [1.29, 1.82) is 0 Å². The van der Waals surface area contributed by atoms with Gasteiger partial charge in [-0.25, -0.2) is 0 Å². The van der Waals surface area contributed by atoms with E-state index in [1.807, 2.05) is 20.8 Å². The van der Waals surface area contributed by atoms with Crippen LogP contribution in [0.25, 0.3) is 0 Å². The summed E-state index contributed by atoms with van der Waals surface area (Å²) in [7, 11) is 0. The highest BCUT2D eigenvalue weighted by Crippen LogP contribution is 2.29. The highest BCUT2D eigenvalue weighted by molar-refractivity contribution is 5.72. The number of carbonyl (C=O) groups is 1. The second-order valence-corrected chi connectivity index (χ2v) is 7.33. The van der Waals surface area contributed by atoms with Gasteiger partial charge >= 0.3 is 5.97 Å². The number of rotatable bonds is 5. The van der Waals surface area contributed by atoms with Gasteiger partial charge in [-0.3, -0.25) is 4.79 Å². The number of esters is 1. The van der Waals surface area contributed by atoms with Crippen molar-refractivity contribution in [1.82, 2.24) is 5.32 Å². The highest BCUT2D eigenvalue weighted by Gasteiger charge is 2.23. The lowest BCUT2D eigenvalue weighted by molar-refractivity contribution is -0.153. The van der Waals surface area contributed by atoms with Gasteiger partial charge < -0.3 is 10.1 Å². The molecule has 1 fully saturated rings. The maximum atomic E-state index is 11.7. The van der Waals surface area contributed by atoms with Crippen LogP contribution in [-0.2, 0) is 9.53 Å². The second kappa shape index (κ2) is 7.28. The van der Waals surface area contributed by atoms with Gasteiger partial charge in [0.2, 0.25) is 0 Å². The first-order chi connectivity index (χ1) is 8.76. The van der Waals surface area contributed by atoms with Crippen molar-refractivity contribution < 1.29 is 9.53 Å². The first-order valence-corrected chi connectivity index (χ1v) is 7.71. The molecule has 112 valence electrons. The Morgan fingerprint density at radius 1 is 1.32 bits per heavy atom. The molecule has 1 aliphatic carbocycles. The SMILES string of the molecule is CC(C)CC1CCCC(NCC(=O)OC(C)(C)C)C1. The fourth-order valence-corrected chi connectivity index (χ4v) is 2.96. The van der Waals surface area contributed by atoms with Crippen molar-refractivity contribution >= 4 is 5.97 Å². The van der Waals surface area contributed by atoms with Gasteiger partial charge in [0.25, 0.3) is 0 Å². The molecular weight excluding hydrogens is 238 g/mol. The van der Waals surface area contributed by atoms with Crippen LogP contribution in [0, 0.1) is 11.8 Å². The first kappa shape index (κ1) is 16.5. The van der Waals surface area contributed by atoms with Crippen LogP contribution in [-0.4, -0.2) is 24.2 Å². The Morgan fingerprint density at radius 2 is 2.00 bits per heavy atom. The molecular formula is C16H31NO2. The summed E-state index contributed by atoms with van der Waals surface area (Å²) in [6, 6.07) is 0.491. The predicted octanol–water partition coefficient (Wildman–Crippen LogP) is 3.52. The molecule has 2 atom stereocenters.